The summed E-state index contributed by atoms with van der Waals surface area (Å²) in [7, 11) is 0. The predicted molar refractivity (Wildman–Crippen MR) is 67.7 cm³/mol. The highest BCUT2D eigenvalue weighted by Crippen LogP contribution is 2.13. The van der Waals surface area contributed by atoms with E-state index in [1.165, 1.54) is 0 Å². The Labute approximate surface area is 95.8 Å². The number of nitrogens with zero attached hydrogens (tertiary/aromatic N) is 2. The molecule has 0 atom stereocenters. The summed E-state index contributed by atoms with van der Waals surface area (Å²) in [5.74, 6) is 0. The zero-order chi connectivity index (χ0) is 12.1. The van der Waals surface area contributed by atoms with Crippen LogP contribution in [0.25, 0.3) is 10.9 Å². The molecule has 0 fully saturated rings. The summed E-state index contributed by atoms with van der Waals surface area (Å²) < 4.78 is 1.77. The molecule has 0 aromatic carbocycles. The molecule has 86 valence electrons. The van der Waals surface area contributed by atoms with Crippen LogP contribution < -0.4 is 5.56 Å². The van der Waals surface area contributed by atoms with Crippen LogP contribution in [0.4, 0.5) is 0 Å². The van der Waals surface area contributed by atoms with Gasteiger partial charge in [0.2, 0.25) is 0 Å². The molecule has 0 aliphatic carbocycles. The van der Waals surface area contributed by atoms with Crippen molar-refractivity contribution in [3.63, 3.8) is 0 Å². The highest BCUT2D eigenvalue weighted by atomic mass is 16.1. The number of rotatable bonds is 1. The van der Waals surface area contributed by atoms with Gasteiger partial charge in [0.1, 0.15) is 0 Å². The number of hydrogen-bond acceptors (Lipinski definition) is 2. The molecule has 0 amide bonds. The molecule has 0 bridgehead atoms. The standard InChI is InChI=1S/C11H12N2O.C2H6/c1-8(2)13-10-5-6-12-7-9(10)3-4-11(13)14;1-2/h3-8H,1-2H3;1-2H3. The van der Waals surface area contributed by atoms with Crippen molar-refractivity contribution in [1.29, 1.82) is 0 Å². The van der Waals surface area contributed by atoms with E-state index in [9.17, 15) is 4.79 Å². The van der Waals surface area contributed by atoms with Gasteiger partial charge in [0.15, 0.2) is 0 Å². The Bertz CT molecular complexity index is 515. The van der Waals surface area contributed by atoms with E-state index < -0.39 is 0 Å². The van der Waals surface area contributed by atoms with Crippen molar-refractivity contribution in [3.05, 3.63) is 40.9 Å². The van der Waals surface area contributed by atoms with Crippen molar-refractivity contribution in [2.45, 2.75) is 33.7 Å². The topological polar surface area (TPSA) is 34.9 Å². The molecule has 0 unspecified atom stereocenters. The predicted octanol–water partition coefficient (Wildman–Crippen LogP) is 3.00. The Morgan fingerprint density at radius 1 is 1.19 bits per heavy atom. The fraction of sp³-hybridized carbons (Fsp3) is 0.385. The first-order chi connectivity index (χ1) is 7.70. The molecular formula is C13H18N2O. The number of hydrogen-bond donors (Lipinski definition) is 0. The lowest BCUT2D eigenvalue weighted by Crippen LogP contribution is -2.20. The van der Waals surface area contributed by atoms with Gasteiger partial charge in [-0.05, 0) is 26.0 Å². The van der Waals surface area contributed by atoms with Gasteiger partial charge in [-0.15, -0.1) is 0 Å². The molecule has 0 saturated heterocycles. The lowest BCUT2D eigenvalue weighted by molar-refractivity contribution is 0.600. The fourth-order valence-corrected chi connectivity index (χ4v) is 1.64. The zero-order valence-corrected chi connectivity index (χ0v) is 10.3. The molecule has 0 aliphatic heterocycles. The van der Waals surface area contributed by atoms with E-state index in [1.807, 2.05) is 39.8 Å². The minimum absolute atomic E-state index is 0.0405. The molecule has 16 heavy (non-hydrogen) atoms. The summed E-state index contributed by atoms with van der Waals surface area (Å²) >= 11 is 0. The average molecular weight is 218 g/mol. The van der Waals surface area contributed by atoms with Gasteiger partial charge in [-0.3, -0.25) is 9.78 Å². The summed E-state index contributed by atoms with van der Waals surface area (Å²) in [6.45, 7) is 8.00. The van der Waals surface area contributed by atoms with Gasteiger partial charge in [-0.1, -0.05) is 13.8 Å². The van der Waals surface area contributed by atoms with E-state index >= 15 is 0 Å². The SMILES string of the molecule is CC.CC(C)n1c(=O)ccc2cnccc21. The average Bonchev–Trinajstić information content (AvgIpc) is 2.31. The van der Waals surface area contributed by atoms with Crippen LogP contribution in [0.15, 0.2) is 35.4 Å². The Balaban J connectivity index is 0.000000606. The first kappa shape index (κ1) is 12.4. The van der Waals surface area contributed by atoms with Gasteiger partial charge < -0.3 is 4.57 Å². The van der Waals surface area contributed by atoms with Crippen molar-refractivity contribution in [2.75, 3.05) is 0 Å². The van der Waals surface area contributed by atoms with E-state index in [0.717, 1.165) is 10.9 Å². The van der Waals surface area contributed by atoms with Gasteiger partial charge in [0, 0.05) is 29.9 Å². The van der Waals surface area contributed by atoms with E-state index in [2.05, 4.69) is 4.98 Å². The number of aromatic nitrogens is 2. The van der Waals surface area contributed by atoms with Gasteiger partial charge >= 0.3 is 0 Å². The van der Waals surface area contributed by atoms with E-state index in [-0.39, 0.29) is 11.6 Å². The largest absolute Gasteiger partial charge is 0.306 e. The minimum Gasteiger partial charge on any atom is -0.306 e. The third kappa shape index (κ3) is 2.30. The number of fused-ring (bicyclic) bond motifs is 1. The van der Waals surface area contributed by atoms with Crippen molar-refractivity contribution in [1.82, 2.24) is 9.55 Å². The van der Waals surface area contributed by atoms with Crippen LogP contribution in [-0.2, 0) is 0 Å². The first-order valence-electron chi connectivity index (χ1n) is 5.65. The van der Waals surface area contributed by atoms with Gasteiger partial charge in [-0.2, -0.15) is 0 Å². The lowest BCUT2D eigenvalue weighted by atomic mass is 10.2. The molecule has 2 aromatic rings. The summed E-state index contributed by atoms with van der Waals surface area (Å²) in [5, 5.41) is 1.00. The lowest BCUT2D eigenvalue weighted by Gasteiger charge is -2.12. The van der Waals surface area contributed by atoms with Gasteiger partial charge in [0.05, 0.1) is 5.52 Å². The third-order valence-corrected chi connectivity index (χ3v) is 2.25. The fourth-order valence-electron chi connectivity index (χ4n) is 1.64. The van der Waals surface area contributed by atoms with Crippen LogP contribution in [0.3, 0.4) is 0 Å². The molecule has 0 aliphatic rings. The maximum Gasteiger partial charge on any atom is 0.251 e. The molecule has 0 saturated carbocycles. The minimum atomic E-state index is 0.0405. The summed E-state index contributed by atoms with van der Waals surface area (Å²) in [6.07, 6.45) is 3.48. The second-order valence-electron chi connectivity index (χ2n) is 3.57. The van der Waals surface area contributed by atoms with Gasteiger partial charge in [0.25, 0.3) is 5.56 Å². The van der Waals surface area contributed by atoms with Crippen LogP contribution in [0, 0.1) is 0 Å². The zero-order valence-electron chi connectivity index (χ0n) is 10.3. The highest BCUT2D eigenvalue weighted by Gasteiger charge is 2.04. The quantitative estimate of drug-likeness (QED) is 0.737. The summed E-state index contributed by atoms with van der Waals surface area (Å²) in [5.41, 5.74) is 0.987. The Morgan fingerprint density at radius 2 is 1.88 bits per heavy atom. The van der Waals surface area contributed by atoms with Gasteiger partial charge in [-0.25, -0.2) is 0 Å². The van der Waals surface area contributed by atoms with E-state index in [0.29, 0.717) is 0 Å². The van der Waals surface area contributed by atoms with Crippen molar-refractivity contribution in [2.24, 2.45) is 0 Å². The van der Waals surface area contributed by atoms with E-state index in [1.54, 1.807) is 23.0 Å². The molecular weight excluding hydrogens is 200 g/mol. The first-order valence-corrected chi connectivity index (χ1v) is 5.65. The molecule has 3 heteroatoms. The van der Waals surface area contributed by atoms with Crippen LogP contribution in [0.5, 0.6) is 0 Å². The molecule has 3 nitrogen and oxygen atoms in total. The Kier molecular flexibility index (Phi) is 4.23. The van der Waals surface area contributed by atoms with Crippen LogP contribution in [0.2, 0.25) is 0 Å². The summed E-state index contributed by atoms with van der Waals surface area (Å²) in [4.78, 5) is 15.6. The van der Waals surface area contributed by atoms with Crippen LogP contribution in [0.1, 0.15) is 33.7 Å². The molecule has 2 aromatic heterocycles. The van der Waals surface area contributed by atoms with Crippen molar-refractivity contribution >= 4 is 10.9 Å². The normalized spacial score (nSPS) is 10.1. The van der Waals surface area contributed by atoms with Crippen molar-refractivity contribution < 1.29 is 0 Å². The Hall–Kier alpha value is -1.64. The van der Waals surface area contributed by atoms with Crippen LogP contribution >= 0.6 is 0 Å². The molecule has 2 heterocycles. The summed E-state index contributed by atoms with van der Waals surface area (Å²) in [6, 6.07) is 5.44. The third-order valence-electron chi connectivity index (χ3n) is 2.25. The monoisotopic (exact) mass is 218 g/mol. The second-order valence-corrected chi connectivity index (χ2v) is 3.57. The highest BCUT2D eigenvalue weighted by molar-refractivity contribution is 5.77. The second kappa shape index (κ2) is 5.45. The van der Waals surface area contributed by atoms with Crippen molar-refractivity contribution in [3.8, 4) is 0 Å². The van der Waals surface area contributed by atoms with E-state index in [4.69, 9.17) is 0 Å². The Morgan fingerprint density at radius 3 is 2.50 bits per heavy atom. The van der Waals surface area contributed by atoms with Crippen LogP contribution in [-0.4, -0.2) is 9.55 Å². The molecule has 0 radical (unpaired) electrons. The number of pyridine rings is 2. The molecule has 2 rings (SSSR count). The smallest absolute Gasteiger partial charge is 0.251 e. The maximum absolute atomic E-state index is 11.6. The molecule has 0 spiro atoms. The molecule has 0 N–H and O–H groups in total. The maximum atomic E-state index is 11.6.